The molecule has 21 heavy (non-hydrogen) atoms. The quantitative estimate of drug-likeness (QED) is 0.725. The Bertz CT molecular complexity index is 744. The smallest absolute Gasteiger partial charge is 0.240 e. The average Bonchev–Trinajstić information content (AvgIpc) is 2.45. The molecule has 1 aromatic carbocycles. The molecule has 2 rings (SSSR count). The lowest BCUT2D eigenvalue weighted by Gasteiger charge is -2.12. The molecule has 0 bridgehead atoms. The summed E-state index contributed by atoms with van der Waals surface area (Å²) >= 11 is 0. The van der Waals surface area contributed by atoms with Crippen molar-refractivity contribution < 1.29 is 8.42 Å². The fraction of sp³-hybridized carbons (Fsp3) is 0.214. The summed E-state index contributed by atoms with van der Waals surface area (Å²) in [7, 11) is -3.84. The minimum atomic E-state index is -3.84. The van der Waals surface area contributed by atoms with Crippen LogP contribution in [0.4, 0.5) is 11.4 Å². The number of hydrogen-bond donors (Lipinski definition) is 3. The van der Waals surface area contributed by atoms with E-state index in [0.717, 1.165) is 17.7 Å². The lowest BCUT2D eigenvalue weighted by molar-refractivity contribution is 0.598. The van der Waals surface area contributed by atoms with Crippen LogP contribution in [0.2, 0.25) is 0 Å². The Balaban J connectivity index is 2.29. The van der Waals surface area contributed by atoms with Crippen LogP contribution in [0.5, 0.6) is 0 Å². The monoisotopic (exact) mass is 306 g/mol. The minimum Gasteiger partial charge on any atom is -0.399 e. The number of nitrogen functional groups attached to an aromatic ring is 1. The Labute approximate surface area is 124 Å². The molecule has 5 N–H and O–H groups in total. The summed E-state index contributed by atoms with van der Waals surface area (Å²) in [6, 6.07) is 8.44. The number of sulfonamides is 1. The molecule has 0 unspecified atom stereocenters. The fourth-order valence-corrected chi connectivity index (χ4v) is 2.80. The average molecular weight is 306 g/mol. The van der Waals surface area contributed by atoms with Crippen molar-refractivity contribution in [3.63, 3.8) is 0 Å². The maximum Gasteiger partial charge on any atom is 0.240 e. The Morgan fingerprint density at radius 1 is 1.29 bits per heavy atom. The SMILES string of the molecule is CCc1cccnc1CNc1ccc(N)cc1S(N)(=O)=O. The largest absolute Gasteiger partial charge is 0.399 e. The van der Waals surface area contributed by atoms with Gasteiger partial charge in [0, 0.05) is 11.9 Å². The first-order chi connectivity index (χ1) is 9.91. The van der Waals surface area contributed by atoms with Crippen molar-refractivity contribution in [2.45, 2.75) is 24.8 Å². The molecular formula is C14H18N4O2S. The molecule has 0 spiro atoms. The van der Waals surface area contributed by atoms with Crippen LogP contribution in [0, 0.1) is 0 Å². The van der Waals surface area contributed by atoms with Gasteiger partial charge in [0.1, 0.15) is 4.90 Å². The van der Waals surface area contributed by atoms with Gasteiger partial charge in [-0.05, 0) is 36.2 Å². The second-order valence-electron chi connectivity index (χ2n) is 4.62. The Kier molecular flexibility index (Phi) is 4.44. The standard InChI is InChI=1S/C14H18N4O2S/c1-2-10-4-3-7-17-13(10)9-18-12-6-5-11(15)8-14(12)21(16,19)20/h3-8,18H,2,9,15H2,1H3,(H2,16,19,20). The number of nitrogens with zero attached hydrogens (tertiary/aromatic N) is 1. The zero-order valence-corrected chi connectivity index (χ0v) is 12.5. The van der Waals surface area contributed by atoms with E-state index in [1.54, 1.807) is 18.3 Å². The van der Waals surface area contributed by atoms with Crippen LogP contribution < -0.4 is 16.2 Å². The number of benzene rings is 1. The number of nitrogens with one attached hydrogen (secondary N) is 1. The number of aryl methyl sites for hydroxylation is 1. The zero-order chi connectivity index (χ0) is 15.5. The lowest BCUT2D eigenvalue weighted by atomic mass is 10.1. The first kappa shape index (κ1) is 15.3. The summed E-state index contributed by atoms with van der Waals surface area (Å²) in [5.41, 5.74) is 8.36. The number of nitrogens with two attached hydrogens (primary N) is 2. The Morgan fingerprint density at radius 3 is 2.71 bits per heavy atom. The van der Waals surface area contributed by atoms with Gasteiger partial charge in [0.2, 0.25) is 10.0 Å². The van der Waals surface area contributed by atoms with Gasteiger partial charge in [0.15, 0.2) is 0 Å². The first-order valence-corrected chi connectivity index (χ1v) is 8.05. The van der Waals surface area contributed by atoms with Gasteiger partial charge in [-0.3, -0.25) is 4.98 Å². The molecule has 1 heterocycles. The molecule has 112 valence electrons. The van der Waals surface area contributed by atoms with E-state index in [-0.39, 0.29) is 4.90 Å². The third-order valence-electron chi connectivity index (χ3n) is 3.12. The lowest BCUT2D eigenvalue weighted by Crippen LogP contribution is -2.16. The summed E-state index contributed by atoms with van der Waals surface area (Å²) in [4.78, 5) is 4.29. The summed E-state index contributed by atoms with van der Waals surface area (Å²) in [6.45, 7) is 2.45. The molecule has 0 aliphatic rings. The van der Waals surface area contributed by atoms with E-state index in [4.69, 9.17) is 10.9 Å². The molecule has 0 aliphatic heterocycles. The number of hydrogen-bond acceptors (Lipinski definition) is 5. The van der Waals surface area contributed by atoms with Crippen LogP contribution >= 0.6 is 0 Å². The normalized spacial score (nSPS) is 11.3. The van der Waals surface area contributed by atoms with Crippen molar-refractivity contribution in [1.29, 1.82) is 0 Å². The third-order valence-corrected chi connectivity index (χ3v) is 4.07. The summed E-state index contributed by atoms with van der Waals surface area (Å²) in [5.74, 6) is 0. The second kappa shape index (κ2) is 6.11. The van der Waals surface area contributed by atoms with E-state index < -0.39 is 10.0 Å². The van der Waals surface area contributed by atoms with Crippen LogP contribution in [0.1, 0.15) is 18.2 Å². The van der Waals surface area contributed by atoms with Crippen molar-refractivity contribution in [2.24, 2.45) is 5.14 Å². The predicted octanol–water partition coefficient (Wildman–Crippen LogP) is 1.49. The van der Waals surface area contributed by atoms with Crippen LogP contribution in [-0.4, -0.2) is 13.4 Å². The molecule has 1 aromatic heterocycles. The van der Waals surface area contributed by atoms with Gasteiger partial charge < -0.3 is 11.1 Å². The van der Waals surface area contributed by atoms with Gasteiger partial charge in [-0.15, -0.1) is 0 Å². The van der Waals surface area contributed by atoms with Gasteiger partial charge >= 0.3 is 0 Å². The van der Waals surface area contributed by atoms with Gasteiger partial charge in [0.25, 0.3) is 0 Å². The maximum absolute atomic E-state index is 11.6. The van der Waals surface area contributed by atoms with Crippen LogP contribution in [-0.2, 0) is 23.0 Å². The highest BCUT2D eigenvalue weighted by Gasteiger charge is 2.14. The highest BCUT2D eigenvalue weighted by Crippen LogP contribution is 2.23. The van der Waals surface area contributed by atoms with E-state index in [1.807, 2.05) is 19.1 Å². The summed E-state index contributed by atoms with van der Waals surface area (Å²) in [5, 5.41) is 8.27. The van der Waals surface area contributed by atoms with Gasteiger partial charge in [-0.1, -0.05) is 13.0 Å². The summed E-state index contributed by atoms with van der Waals surface area (Å²) < 4.78 is 23.2. The number of pyridine rings is 1. The highest BCUT2D eigenvalue weighted by atomic mass is 32.2. The van der Waals surface area contributed by atoms with Crippen LogP contribution in [0.25, 0.3) is 0 Å². The van der Waals surface area contributed by atoms with E-state index in [1.165, 1.54) is 6.07 Å². The fourth-order valence-electron chi connectivity index (χ4n) is 2.05. The molecule has 6 nitrogen and oxygen atoms in total. The molecule has 0 saturated heterocycles. The third kappa shape index (κ3) is 3.71. The van der Waals surface area contributed by atoms with Gasteiger partial charge in [-0.25, -0.2) is 13.6 Å². The molecule has 0 atom stereocenters. The topological polar surface area (TPSA) is 111 Å². The highest BCUT2D eigenvalue weighted by molar-refractivity contribution is 7.89. The van der Waals surface area contributed by atoms with E-state index >= 15 is 0 Å². The van der Waals surface area contributed by atoms with E-state index in [0.29, 0.717) is 17.9 Å². The van der Waals surface area contributed by atoms with Gasteiger partial charge in [0.05, 0.1) is 17.9 Å². The number of anilines is 2. The number of aromatic nitrogens is 1. The maximum atomic E-state index is 11.6. The Morgan fingerprint density at radius 2 is 2.05 bits per heavy atom. The predicted molar refractivity (Wildman–Crippen MR) is 83.2 cm³/mol. The molecule has 2 aromatic rings. The van der Waals surface area contributed by atoms with Crippen molar-refractivity contribution in [3.8, 4) is 0 Å². The van der Waals surface area contributed by atoms with Crippen molar-refractivity contribution in [3.05, 3.63) is 47.8 Å². The Hall–Kier alpha value is -2.12. The second-order valence-corrected chi connectivity index (χ2v) is 6.15. The van der Waals surface area contributed by atoms with Crippen molar-refractivity contribution >= 4 is 21.4 Å². The molecule has 0 radical (unpaired) electrons. The first-order valence-electron chi connectivity index (χ1n) is 6.50. The van der Waals surface area contributed by atoms with Crippen molar-refractivity contribution in [2.75, 3.05) is 11.1 Å². The molecule has 0 aliphatic carbocycles. The van der Waals surface area contributed by atoms with E-state index in [9.17, 15) is 8.42 Å². The van der Waals surface area contributed by atoms with Crippen molar-refractivity contribution in [1.82, 2.24) is 4.98 Å². The van der Waals surface area contributed by atoms with Crippen LogP contribution in [0.3, 0.4) is 0 Å². The minimum absolute atomic E-state index is 0.0171. The van der Waals surface area contributed by atoms with Gasteiger partial charge in [-0.2, -0.15) is 0 Å². The zero-order valence-electron chi connectivity index (χ0n) is 11.7. The molecular weight excluding hydrogens is 288 g/mol. The molecule has 0 fully saturated rings. The number of rotatable bonds is 5. The molecule has 7 heteroatoms. The van der Waals surface area contributed by atoms with E-state index in [2.05, 4.69) is 10.3 Å². The summed E-state index contributed by atoms with van der Waals surface area (Å²) in [6.07, 6.45) is 2.56. The van der Waals surface area contributed by atoms with Crippen LogP contribution in [0.15, 0.2) is 41.4 Å². The number of primary sulfonamides is 1. The molecule has 0 amide bonds. The molecule has 0 saturated carbocycles.